The number of hydrogen-bond acceptors (Lipinski definition) is 6. The molecule has 2 rings (SSSR count). The van der Waals surface area contributed by atoms with Gasteiger partial charge in [-0.25, -0.2) is 4.79 Å². The van der Waals surface area contributed by atoms with Crippen LogP contribution in [0.3, 0.4) is 0 Å². The van der Waals surface area contributed by atoms with E-state index in [9.17, 15) is 19.6 Å². The largest absolute Gasteiger partial charge is 0.619 e. The van der Waals surface area contributed by atoms with Crippen LogP contribution in [0, 0.1) is 5.21 Å². The van der Waals surface area contributed by atoms with Gasteiger partial charge >= 0.3 is 5.97 Å². The van der Waals surface area contributed by atoms with Crippen LogP contribution in [-0.2, 0) is 9.53 Å². The first-order valence-corrected chi connectivity index (χ1v) is 6.88. The highest BCUT2D eigenvalue weighted by molar-refractivity contribution is 7.14. The lowest BCUT2D eigenvalue weighted by Gasteiger charge is -2.06. The lowest BCUT2D eigenvalue weighted by molar-refractivity contribution is -0.605. The van der Waals surface area contributed by atoms with Crippen LogP contribution in [-0.4, -0.2) is 24.4 Å². The van der Waals surface area contributed by atoms with Gasteiger partial charge in [0.25, 0.3) is 11.8 Å². The highest BCUT2D eigenvalue weighted by atomic mass is 32.1. The van der Waals surface area contributed by atoms with Gasteiger partial charge < -0.3 is 21.0 Å². The van der Waals surface area contributed by atoms with Crippen LogP contribution in [0.4, 0.5) is 5.00 Å². The normalized spacial score (nSPS) is 10.0. The molecule has 0 bridgehead atoms. The van der Waals surface area contributed by atoms with Crippen molar-refractivity contribution in [3.8, 4) is 0 Å². The molecule has 8 nitrogen and oxygen atoms in total. The van der Waals surface area contributed by atoms with E-state index in [4.69, 9.17) is 10.5 Å². The number of pyridine rings is 1. The van der Waals surface area contributed by atoms with Gasteiger partial charge in [0.15, 0.2) is 19.0 Å². The fourth-order valence-corrected chi connectivity index (χ4v) is 2.36. The van der Waals surface area contributed by atoms with Crippen LogP contribution in [0.25, 0.3) is 0 Å². The summed E-state index contributed by atoms with van der Waals surface area (Å²) >= 11 is 1.12. The van der Waals surface area contributed by atoms with Crippen LogP contribution in [0.1, 0.15) is 20.7 Å². The molecule has 3 N–H and O–H groups in total. The average Bonchev–Trinajstić information content (AvgIpc) is 2.93. The summed E-state index contributed by atoms with van der Waals surface area (Å²) in [6.07, 6.45) is 2.25. The Morgan fingerprint density at radius 3 is 2.82 bits per heavy atom. The number of thiophene rings is 1. The van der Waals surface area contributed by atoms with E-state index in [1.807, 2.05) is 0 Å². The van der Waals surface area contributed by atoms with E-state index in [1.165, 1.54) is 24.4 Å². The fraction of sp³-hybridized carbons (Fsp3) is 0.0769. The second-order valence-electron chi connectivity index (χ2n) is 4.10. The zero-order valence-corrected chi connectivity index (χ0v) is 12.0. The van der Waals surface area contributed by atoms with Crippen molar-refractivity contribution in [1.82, 2.24) is 0 Å². The molecule has 0 aromatic carbocycles. The highest BCUT2D eigenvalue weighted by Crippen LogP contribution is 2.22. The van der Waals surface area contributed by atoms with Crippen LogP contribution in [0.2, 0.25) is 0 Å². The molecule has 22 heavy (non-hydrogen) atoms. The summed E-state index contributed by atoms with van der Waals surface area (Å²) in [6, 6.07) is 4.25. The molecule has 2 heterocycles. The van der Waals surface area contributed by atoms with E-state index in [-0.39, 0.29) is 16.1 Å². The Labute approximate surface area is 128 Å². The summed E-state index contributed by atoms with van der Waals surface area (Å²) < 4.78 is 5.23. The number of amides is 2. The molecule has 2 aromatic rings. The van der Waals surface area contributed by atoms with E-state index < -0.39 is 24.4 Å². The topological polar surface area (TPSA) is 125 Å². The van der Waals surface area contributed by atoms with E-state index >= 15 is 0 Å². The maximum atomic E-state index is 11.7. The van der Waals surface area contributed by atoms with Crippen LogP contribution in [0.5, 0.6) is 0 Å². The minimum absolute atomic E-state index is 0.0271. The second-order valence-corrected chi connectivity index (χ2v) is 5.02. The quantitative estimate of drug-likeness (QED) is 0.464. The van der Waals surface area contributed by atoms with Crippen LogP contribution >= 0.6 is 11.3 Å². The molecule has 0 spiro atoms. The summed E-state index contributed by atoms with van der Waals surface area (Å²) in [4.78, 5) is 34.4. The van der Waals surface area contributed by atoms with Gasteiger partial charge in [-0.3, -0.25) is 9.59 Å². The van der Waals surface area contributed by atoms with Gasteiger partial charge in [0.05, 0.1) is 5.56 Å². The van der Waals surface area contributed by atoms with Crippen LogP contribution in [0.15, 0.2) is 36.0 Å². The molecule has 0 saturated carbocycles. The fourth-order valence-electron chi connectivity index (χ4n) is 1.55. The van der Waals surface area contributed by atoms with Gasteiger partial charge in [0.2, 0.25) is 0 Å². The first-order valence-electron chi connectivity index (χ1n) is 6.00. The van der Waals surface area contributed by atoms with Gasteiger partial charge in [-0.1, -0.05) is 0 Å². The Morgan fingerprint density at radius 1 is 1.36 bits per heavy atom. The Bertz CT molecular complexity index is 728. The molecule has 2 amide bonds. The number of primary amides is 1. The predicted octanol–water partition coefficient (Wildman–Crippen LogP) is 0.276. The number of nitrogens with one attached hydrogen (secondary N) is 1. The lowest BCUT2D eigenvalue weighted by atomic mass is 10.3. The van der Waals surface area contributed by atoms with Gasteiger partial charge in [-0.15, -0.1) is 11.3 Å². The van der Waals surface area contributed by atoms with Crippen molar-refractivity contribution in [3.05, 3.63) is 52.3 Å². The van der Waals surface area contributed by atoms with Crippen molar-refractivity contribution in [2.75, 3.05) is 11.9 Å². The molecule has 0 saturated heterocycles. The number of carbonyl (C=O) groups excluding carboxylic acids is 3. The van der Waals surface area contributed by atoms with Gasteiger partial charge in [-0.05, 0) is 17.5 Å². The molecule has 0 aliphatic carbocycles. The molecule has 0 unspecified atom stereocenters. The van der Waals surface area contributed by atoms with E-state index in [2.05, 4.69) is 5.32 Å². The minimum atomic E-state index is -0.804. The number of nitrogens with two attached hydrogens (primary N) is 1. The minimum Gasteiger partial charge on any atom is -0.619 e. The number of ether oxygens (including phenoxy) is 1. The standard InChI is InChI=1S/C13H11N3O5S/c14-11(18)9-3-5-22-12(9)15-10(17)7-21-13(19)8-2-1-4-16(20)6-8/h1-6H,7H2,(H2,14,18)(H,15,17). The molecule has 0 atom stereocenters. The molecule has 2 aromatic heterocycles. The van der Waals surface area contributed by atoms with Gasteiger partial charge in [0, 0.05) is 6.07 Å². The number of anilines is 1. The zero-order chi connectivity index (χ0) is 16.1. The number of carbonyl (C=O) groups is 3. The molecule has 0 aliphatic rings. The average molecular weight is 321 g/mol. The first kappa shape index (κ1) is 15.4. The summed E-state index contributed by atoms with van der Waals surface area (Å²) in [7, 11) is 0. The van der Waals surface area contributed by atoms with E-state index in [0.717, 1.165) is 17.5 Å². The molecule has 0 aliphatic heterocycles. The van der Waals surface area contributed by atoms with Crippen molar-refractivity contribution in [3.63, 3.8) is 0 Å². The third-order valence-electron chi connectivity index (χ3n) is 2.53. The van der Waals surface area contributed by atoms with Crippen molar-refractivity contribution in [2.24, 2.45) is 5.73 Å². The van der Waals surface area contributed by atoms with Crippen LogP contribution < -0.4 is 15.8 Å². The molecule has 0 radical (unpaired) electrons. The van der Waals surface area contributed by atoms with Crippen molar-refractivity contribution in [2.45, 2.75) is 0 Å². The van der Waals surface area contributed by atoms with Crippen molar-refractivity contribution < 1.29 is 23.9 Å². The summed E-state index contributed by atoms with van der Waals surface area (Å²) in [5, 5.41) is 15.3. The van der Waals surface area contributed by atoms with Gasteiger partial charge in [-0.2, -0.15) is 4.73 Å². The molecule has 114 valence electrons. The maximum Gasteiger partial charge on any atom is 0.344 e. The Balaban J connectivity index is 1.91. The van der Waals surface area contributed by atoms with E-state index in [0.29, 0.717) is 4.73 Å². The van der Waals surface area contributed by atoms with Crippen molar-refractivity contribution in [1.29, 1.82) is 0 Å². The number of esters is 1. The molecule has 9 heteroatoms. The number of aromatic nitrogens is 1. The Kier molecular flexibility index (Phi) is 4.69. The Hall–Kier alpha value is -2.94. The summed E-state index contributed by atoms with van der Waals surface area (Å²) in [6.45, 7) is -0.553. The molecular formula is C13H11N3O5S. The SMILES string of the molecule is NC(=O)c1ccsc1NC(=O)COC(=O)c1ccc[n+]([O-])c1. The highest BCUT2D eigenvalue weighted by Gasteiger charge is 2.15. The molecular weight excluding hydrogens is 310 g/mol. The lowest BCUT2D eigenvalue weighted by Crippen LogP contribution is -2.27. The van der Waals surface area contributed by atoms with Gasteiger partial charge in [0.1, 0.15) is 10.6 Å². The molecule has 0 fully saturated rings. The number of hydrogen-bond donors (Lipinski definition) is 2. The number of nitrogens with zero attached hydrogens (tertiary/aromatic N) is 1. The predicted molar refractivity (Wildman–Crippen MR) is 77.2 cm³/mol. The number of rotatable bonds is 5. The first-order chi connectivity index (χ1) is 10.5. The van der Waals surface area contributed by atoms with E-state index in [1.54, 1.807) is 5.38 Å². The second kappa shape index (κ2) is 6.68. The maximum absolute atomic E-state index is 11.7. The summed E-state index contributed by atoms with van der Waals surface area (Å²) in [5.41, 5.74) is 5.35. The monoisotopic (exact) mass is 321 g/mol. The zero-order valence-electron chi connectivity index (χ0n) is 11.1. The Morgan fingerprint density at radius 2 is 2.14 bits per heavy atom. The van der Waals surface area contributed by atoms with Crippen molar-refractivity contribution >= 4 is 34.1 Å². The third kappa shape index (κ3) is 3.79. The summed E-state index contributed by atoms with van der Waals surface area (Å²) in [5.74, 6) is -2.09. The third-order valence-corrected chi connectivity index (χ3v) is 3.36. The smallest absolute Gasteiger partial charge is 0.344 e.